The Hall–Kier alpha value is -3.52. The van der Waals surface area contributed by atoms with Gasteiger partial charge in [-0.3, -0.25) is 9.10 Å². The SMILES string of the molecule is CC(C)Oc1ccc(CNC(=O)[C@@H]2CN(S(=O)(=O)Cc3ccccc3)c3ccccc3O2)cc1. The van der Waals surface area contributed by atoms with Crippen LogP contribution >= 0.6 is 0 Å². The fourth-order valence-corrected chi connectivity index (χ4v) is 5.31. The Bertz CT molecular complexity index is 1230. The highest BCUT2D eigenvalue weighted by atomic mass is 32.2. The van der Waals surface area contributed by atoms with Crippen molar-refractivity contribution >= 4 is 21.6 Å². The Kier molecular flexibility index (Phi) is 7.07. The van der Waals surface area contributed by atoms with E-state index in [1.54, 1.807) is 48.5 Å². The summed E-state index contributed by atoms with van der Waals surface area (Å²) in [6.07, 6.45) is -0.887. The van der Waals surface area contributed by atoms with Crippen LogP contribution in [0, 0.1) is 0 Å². The number of sulfonamides is 1. The minimum Gasteiger partial charge on any atom is -0.491 e. The highest BCUT2D eigenvalue weighted by Gasteiger charge is 2.36. The lowest BCUT2D eigenvalue weighted by molar-refractivity contribution is -0.127. The van der Waals surface area contributed by atoms with Crippen LogP contribution in [0.5, 0.6) is 11.5 Å². The average Bonchev–Trinajstić information content (AvgIpc) is 2.82. The topological polar surface area (TPSA) is 84.9 Å². The summed E-state index contributed by atoms with van der Waals surface area (Å²) >= 11 is 0. The minimum atomic E-state index is -3.74. The summed E-state index contributed by atoms with van der Waals surface area (Å²) in [5.41, 5.74) is 2.01. The van der Waals surface area contributed by atoms with Gasteiger partial charge < -0.3 is 14.8 Å². The summed E-state index contributed by atoms with van der Waals surface area (Å²) in [5, 5.41) is 2.86. The number of para-hydroxylation sites is 2. The second kappa shape index (κ2) is 10.2. The molecule has 1 aliphatic heterocycles. The maximum absolute atomic E-state index is 13.3. The molecule has 178 valence electrons. The molecule has 0 unspecified atom stereocenters. The van der Waals surface area contributed by atoms with Gasteiger partial charge in [0.1, 0.15) is 11.5 Å². The molecule has 1 amide bonds. The Morgan fingerprint density at radius 2 is 1.68 bits per heavy atom. The molecule has 1 atom stereocenters. The number of rotatable bonds is 8. The molecular weight excluding hydrogens is 452 g/mol. The first-order valence-corrected chi connectivity index (χ1v) is 12.8. The fourth-order valence-electron chi connectivity index (χ4n) is 3.73. The van der Waals surface area contributed by atoms with Crippen molar-refractivity contribution < 1.29 is 22.7 Å². The molecule has 0 fully saturated rings. The lowest BCUT2D eigenvalue weighted by Crippen LogP contribution is -2.50. The van der Waals surface area contributed by atoms with E-state index in [0.717, 1.165) is 11.3 Å². The van der Waals surface area contributed by atoms with Gasteiger partial charge in [-0.2, -0.15) is 0 Å². The van der Waals surface area contributed by atoms with Gasteiger partial charge in [0.25, 0.3) is 5.91 Å². The zero-order valence-electron chi connectivity index (χ0n) is 19.2. The number of carbonyl (C=O) groups is 1. The minimum absolute atomic E-state index is 0.0815. The van der Waals surface area contributed by atoms with Crippen LogP contribution in [0.2, 0.25) is 0 Å². The van der Waals surface area contributed by atoms with Crippen LogP contribution in [0.15, 0.2) is 78.9 Å². The van der Waals surface area contributed by atoms with E-state index < -0.39 is 16.1 Å². The molecule has 0 radical (unpaired) electrons. The molecule has 0 saturated heterocycles. The van der Waals surface area contributed by atoms with Crippen molar-refractivity contribution in [3.05, 3.63) is 90.0 Å². The Balaban J connectivity index is 1.47. The van der Waals surface area contributed by atoms with Gasteiger partial charge in [0.2, 0.25) is 10.0 Å². The molecule has 34 heavy (non-hydrogen) atoms. The number of fused-ring (bicyclic) bond motifs is 1. The van der Waals surface area contributed by atoms with Crippen LogP contribution in [-0.2, 0) is 27.1 Å². The first-order chi connectivity index (χ1) is 16.3. The summed E-state index contributed by atoms with van der Waals surface area (Å²) in [4.78, 5) is 12.9. The molecule has 1 heterocycles. The lowest BCUT2D eigenvalue weighted by atomic mass is 10.2. The quantitative estimate of drug-likeness (QED) is 0.529. The highest BCUT2D eigenvalue weighted by molar-refractivity contribution is 7.92. The van der Waals surface area contributed by atoms with E-state index in [-0.39, 0.29) is 24.3 Å². The van der Waals surface area contributed by atoms with Crippen molar-refractivity contribution in [1.29, 1.82) is 0 Å². The second-order valence-corrected chi connectivity index (χ2v) is 10.3. The van der Waals surface area contributed by atoms with Crippen molar-refractivity contribution in [3.8, 4) is 11.5 Å². The molecule has 0 saturated carbocycles. The Labute approximate surface area is 200 Å². The predicted molar refractivity (Wildman–Crippen MR) is 131 cm³/mol. The van der Waals surface area contributed by atoms with Gasteiger partial charge in [-0.25, -0.2) is 8.42 Å². The number of nitrogens with zero attached hydrogens (tertiary/aromatic N) is 1. The van der Waals surface area contributed by atoms with Crippen LogP contribution in [0.4, 0.5) is 5.69 Å². The number of ether oxygens (including phenoxy) is 2. The monoisotopic (exact) mass is 480 g/mol. The summed E-state index contributed by atoms with van der Waals surface area (Å²) in [7, 11) is -3.74. The molecule has 0 bridgehead atoms. The standard InChI is InChI=1S/C26H28N2O5S/c1-19(2)32-22-14-12-20(13-15-22)16-27-26(29)25-17-28(23-10-6-7-11-24(23)33-25)34(30,31)18-21-8-4-3-5-9-21/h3-15,19,25H,16-18H2,1-2H3,(H,27,29)/t25-/m0/s1. The number of nitrogens with one attached hydrogen (secondary N) is 1. The van der Waals surface area contributed by atoms with Crippen LogP contribution in [0.25, 0.3) is 0 Å². The zero-order valence-corrected chi connectivity index (χ0v) is 20.0. The Morgan fingerprint density at radius 1 is 1.00 bits per heavy atom. The summed E-state index contributed by atoms with van der Waals surface area (Å²) in [6.45, 7) is 4.11. The van der Waals surface area contributed by atoms with Crippen molar-refractivity contribution in [2.75, 3.05) is 10.8 Å². The number of carbonyl (C=O) groups excluding carboxylic acids is 1. The van der Waals surface area contributed by atoms with Gasteiger partial charge in [-0.05, 0) is 49.2 Å². The number of hydrogen-bond donors (Lipinski definition) is 1. The predicted octanol–water partition coefficient (Wildman–Crippen LogP) is 3.89. The number of anilines is 1. The summed E-state index contributed by atoms with van der Waals surface area (Å²) < 4.78 is 39.4. The average molecular weight is 481 g/mol. The molecule has 7 nitrogen and oxygen atoms in total. The summed E-state index contributed by atoms with van der Waals surface area (Å²) in [6, 6.07) is 23.3. The largest absolute Gasteiger partial charge is 0.491 e. The van der Waals surface area contributed by atoms with E-state index in [0.29, 0.717) is 23.5 Å². The highest BCUT2D eigenvalue weighted by Crippen LogP contribution is 2.35. The first-order valence-electron chi connectivity index (χ1n) is 11.1. The van der Waals surface area contributed by atoms with Crippen LogP contribution in [-0.4, -0.2) is 33.1 Å². The van der Waals surface area contributed by atoms with E-state index >= 15 is 0 Å². The van der Waals surface area contributed by atoms with Crippen LogP contribution in [0.1, 0.15) is 25.0 Å². The molecule has 0 aromatic heterocycles. The van der Waals surface area contributed by atoms with Gasteiger partial charge in [0, 0.05) is 6.54 Å². The molecule has 4 rings (SSSR count). The van der Waals surface area contributed by atoms with Crippen molar-refractivity contribution in [2.24, 2.45) is 0 Å². The zero-order chi connectivity index (χ0) is 24.1. The molecule has 8 heteroatoms. The smallest absolute Gasteiger partial charge is 0.263 e. The maximum atomic E-state index is 13.3. The van der Waals surface area contributed by atoms with E-state index in [9.17, 15) is 13.2 Å². The van der Waals surface area contributed by atoms with E-state index in [1.165, 1.54) is 4.31 Å². The molecule has 1 aliphatic rings. The van der Waals surface area contributed by atoms with Crippen LogP contribution < -0.4 is 19.1 Å². The second-order valence-electron chi connectivity index (χ2n) is 8.38. The van der Waals surface area contributed by atoms with E-state index in [4.69, 9.17) is 9.47 Å². The van der Waals surface area contributed by atoms with Gasteiger partial charge in [-0.1, -0.05) is 54.6 Å². The maximum Gasteiger partial charge on any atom is 0.263 e. The van der Waals surface area contributed by atoms with Crippen molar-refractivity contribution in [3.63, 3.8) is 0 Å². The van der Waals surface area contributed by atoms with Gasteiger partial charge in [0.05, 0.1) is 24.1 Å². The van der Waals surface area contributed by atoms with E-state index in [2.05, 4.69) is 5.32 Å². The normalized spacial score (nSPS) is 15.4. The van der Waals surface area contributed by atoms with Crippen molar-refractivity contribution in [1.82, 2.24) is 5.32 Å². The fraction of sp³-hybridized carbons (Fsp3) is 0.269. The van der Waals surface area contributed by atoms with Gasteiger partial charge in [0.15, 0.2) is 6.10 Å². The first kappa shape index (κ1) is 23.6. The molecule has 1 N–H and O–H groups in total. The third-order valence-electron chi connectivity index (χ3n) is 5.32. The lowest BCUT2D eigenvalue weighted by Gasteiger charge is -2.34. The number of amides is 1. The van der Waals surface area contributed by atoms with E-state index in [1.807, 2.05) is 44.2 Å². The van der Waals surface area contributed by atoms with Crippen LogP contribution in [0.3, 0.4) is 0 Å². The molecule has 3 aromatic rings. The Morgan fingerprint density at radius 3 is 2.38 bits per heavy atom. The van der Waals surface area contributed by atoms with Crippen molar-refractivity contribution in [2.45, 2.75) is 38.4 Å². The van der Waals surface area contributed by atoms with Gasteiger partial charge in [-0.15, -0.1) is 0 Å². The molecule has 0 spiro atoms. The molecule has 0 aliphatic carbocycles. The summed E-state index contributed by atoms with van der Waals surface area (Å²) in [5.74, 6) is 0.579. The third-order valence-corrected chi connectivity index (χ3v) is 7.03. The number of benzene rings is 3. The number of hydrogen-bond acceptors (Lipinski definition) is 5. The molecular formula is C26H28N2O5S. The third kappa shape index (κ3) is 5.69. The van der Waals surface area contributed by atoms with Gasteiger partial charge >= 0.3 is 0 Å². The molecule has 3 aromatic carbocycles.